The van der Waals surface area contributed by atoms with E-state index in [-0.39, 0.29) is 5.75 Å². The van der Waals surface area contributed by atoms with Crippen molar-refractivity contribution in [1.29, 1.82) is 0 Å². The van der Waals surface area contributed by atoms with Gasteiger partial charge in [0.1, 0.15) is 0 Å². The summed E-state index contributed by atoms with van der Waals surface area (Å²) in [5.74, 6) is 0.662. The molecule has 0 radical (unpaired) electrons. The number of phenols is 1. The number of ether oxygens (including phenoxy) is 1. The minimum absolute atomic E-state index is 0.166. The van der Waals surface area contributed by atoms with Crippen molar-refractivity contribution in [1.82, 2.24) is 5.32 Å². The van der Waals surface area contributed by atoms with Crippen LogP contribution in [0.15, 0.2) is 24.3 Å². The Morgan fingerprint density at radius 1 is 1.50 bits per heavy atom. The Bertz CT molecular complexity index is 321. The summed E-state index contributed by atoms with van der Waals surface area (Å²) in [6.45, 7) is 0.812. The van der Waals surface area contributed by atoms with Crippen molar-refractivity contribution in [3.8, 4) is 11.5 Å². The Balaban J connectivity index is 2.76. The fraction of sp³-hybridized carbons (Fsp3) is 0.273. The van der Waals surface area contributed by atoms with Gasteiger partial charge >= 0.3 is 0 Å². The zero-order chi connectivity index (χ0) is 10.4. The maximum absolute atomic E-state index is 9.47. The smallest absolute Gasteiger partial charge is 0.160 e. The number of benzene rings is 1. The minimum atomic E-state index is 0.166. The molecule has 0 aliphatic rings. The van der Waals surface area contributed by atoms with Crippen molar-refractivity contribution < 1.29 is 9.84 Å². The lowest BCUT2D eigenvalue weighted by Gasteiger charge is -2.03. The summed E-state index contributed by atoms with van der Waals surface area (Å²) in [6.07, 6.45) is 3.93. The normalized spacial score (nSPS) is 10.7. The topological polar surface area (TPSA) is 41.5 Å². The number of rotatable bonds is 4. The monoisotopic (exact) mass is 193 g/mol. The molecule has 2 N–H and O–H groups in total. The van der Waals surface area contributed by atoms with Crippen molar-refractivity contribution in [2.45, 2.75) is 0 Å². The number of aromatic hydroxyl groups is 1. The largest absolute Gasteiger partial charge is 0.504 e. The summed E-state index contributed by atoms with van der Waals surface area (Å²) >= 11 is 0. The molecule has 0 heterocycles. The zero-order valence-electron chi connectivity index (χ0n) is 8.45. The van der Waals surface area contributed by atoms with E-state index in [4.69, 9.17) is 4.74 Å². The summed E-state index contributed by atoms with van der Waals surface area (Å²) in [7, 11) is 3.42. The third-order valence-electron chi connectivity index (χ3n) is 1.84. The molecule has 14 heavy (non-hydrogen) atoms. The van der Waals surface area contributed by atoms with Gasteiger partial charge in [-0.05, 0) is 24.7 Å². The van der Waals surface area contributed by atoms with Crippen LogP contribution in [0, 0.1) is 0 Å². The molecule has 0 aliphatic heterocycles. The van der Waals surface area contributed by atoms with Gasteiger partial charge < -0.3 is 15.2 Å². The van der Waals surface area contributed by atoms with Crippen molar-refractivity contribution in [3.63, 3.8) is 0 Å². The lowest BCUT2D eigenvalue weighted by molar-refractivity contribution is 0.373. The molecule has 0 amide bonds. The average molecular weight is 193 g/mol. The predicted molar refractivity (Wildman–Crippen MR) is 57.6 cm³/mol. The summed E-state index contributed by atoms with van der Waals surface area (Å²) in [5, 5.41) is 12.5. The molecule has 0 unspecified atom stereocenters. The lowest BCUT2D eigenvalue weighted by Crippen LogP contribution is -2.03. The molecule has 0 atom stereocenters. The van der Waals surface area contributed by atoms with Crippen LogP contribution in [0.4, 0.5) is 0 Å². The molecule has 0 saturated carbocycles. The molecule has 0 spiro atoms. The van der Waals surface area contributed by atoms with Gasteiger partial charge in [0.15, 0.2) is 11.5 Å². The standard InChI is InChI=1S/C11H15NO2/c1-12-7-3-4-9-5-6-11(14-2)10(13)8-9/h3-6,8,12-13H,7H2,1-2H3. The van der Waals surface area contributed by atoms with Gasteiger partial charge in [0.2, 0.25) is 0 Å². The first kappa shape index (κ1) is 10.6. The molecule has 3 nitrogen and oxygen atoms in total. The zero-order valence-corrected chi connectivity index (χ0v) is 8.45. The molecule has 0 bridgehead atoms. The van der Waals surface area contributed by atoms with Gasteiger partial charge in [-0.25, -0.2) is 0 Å². The molecule has 76 valence electrons. The van der Waals surface area contributed by atoms with E-state index in [1.807, 2.05) is 25.3 Å². The Labute approximate surface area is 84.0 Å². The third kappa shape index (κ3) is 2.78. The van der Waals surface area contributed by atoms with Gasteiger partial charge in [0, 0.05) is 6.54 Å². The van der Waals surface area contributed by atoms with Crippen LogP contribution in [0.5, 0.6) is 11.5 Å². The second-order valence-electron chi connectivity index (χ2n) is 2.89. The molecule has 1 aromatic carbocycles. The number of hydrogen-bond acceptors (Lipinski definition) is 3. The van der Waals surface area contributed by atoms with Gasteiger partial charge in [-0.15, -0.1) is 0 Å². The van der Waals surface area contributed by atoms with Crippen molar-refractivity contribution in [2.75, 3.05) is 20.7 Å². The highest BCUT2D eigenvalue weighted by atomic mass is 16.5. The third-order valence-corrected chi connectivity index (χ3v) is 1.84. The predicted octanol–water partition coefficient (Wildman–Crippen LogP) is 1.63. The molecule has 0 fully saturated rings. The number of phenolic OH excluding ortho intramolecular Hbond substituents is 1. The second-order valence-corrected chi connectivity index (χ2v) is 2.89. The summed E-state index contributed by atoms with van der Waals surface area (Å²) in [4.78, 5) is 0. The molecule has 0 aliphatic carbocycles. The Hall–Kier alpha value is -1.48. The van der Waals surface area contributed by atoms with Crippen LogP contribution < -0.4 is 10.1 Å². The summed E-state index contributed by atoms with van der Waals surface area (Å²) in [6, 6.07) is 5.31. The molecular weight excluding hydrogens is 178 g/mol. The number of methoxy groups -OCH3 is 1. The first-order valence-corrected chi connectivity index (χ1v) is 4.46. The van der Waals surface area contributed by atoms with E-state index in [2.05, 4.69) is 5.32 Å². The average Bonchev–Trinajstić information content (AvgIpc) is 2.18. The second kappa shape index (κ2) is 5.29. The van der Waals surface area contributed by atoms with Crippen molar-refractivity contribution in [3.05, 3.63) is 29.8 Å². The van der Waals surface area contributed by atoms with Gasteiger partial charge in [0.05, 0.1) is 7.11 Å². The van der Waals surface area contributed by atoms with Crippen LogP contribution in [0.3, 0.4) is 0 Å². The Morgan fingerprint density at radius 2 is 2.29 bits per heavy atom. The van der Waals surface area contributed by atoms with Gasteiger partial charge in [-0.3, -0.25) is 0 Å². The van der Waals surface area contributed by atoms with Crippen LogP contribution in [-0.2, 0) is 0 Å². The van der Waals surface area contributed by atoms with E-state index < -0.39 is 0 Å². The summed E-state index contributed by atoms with van der Waals surface area (Å²) < 4.78 is 4.94. The van der Waals surface area contributed by atoms with Crippen LogP contribution in [-0.4, -0.2) is 25.8 Å². The highest BCUT2D eigenvalue weighted by Gasteiger charge is 1.99. The Kier molecular flexibility index (Phi) is 4.01. The first-order chi connectivity index (χ1) is 6.77. The first-order valence-electron chi connectivity index (χ1n) is 4.46. The fourth-order valence-corrected chi connectivity index (χ4v) is 1.12. The van der Waals surface area contributed by atoms with Crippen LogP contribution >= 0.6 is 0 Å². The van der Waals surface area contributed by atoms with Crippen LogP contribution in [0.25, 0.3) is 6.08 Å². The van der Waals surface area contributed by atoms with E-state index >= 15 is 0 Å². The highest BCUT2D eigenvalue weighted by molar-refractivity contribution is 5.55. The van der Waals surface area contributed by atoms with E-state index in [9.17, 15) is 5.11 Å². The minimum Gasteiger partial charge on any atom is -0.504 e. The van der Waals surface area contributed by atoms with E-state index in [0.717, 1.165) is 12.1 Å². The maximum atomic E-state index is 9.47. The van der Waals surface area contributed by atoms with Gasteiger partial charge in [-0.2, -0.15) is 0 Å². The van der Waals surface area contributed by atoms with E-state index in [1.54, 1.807) is 12.1 Å². The van der Waals surface area contributed by atoms with Crippen LogP contribution in [0.2, 0.25) is 0 Å². The Morgan fingerprint density at radius 3 is 2.86 bits per heavy atom. The van der Waals surface area contributed by atoms with Crippen molar-refractivity contribution in [2.24, 2.45) is 0 Å². The van der Waals surface area contributed by atoms with Gasteiger partial charge in [0.25, 0.3) is 0 Å². The quantitative estimate of drug-likeness (QED) is 0.763. The number of nitrogens with one attached hydrogen (secondary N) is 1. The summed E-state index contributed by atoms with van der Waals surface area (Å²) in [5.41, 5.74) is 0.957. The fourth-order valence-electron chi connectivity index (χ4n) is 1.12. The molecule has 1 aromatic rings. The van der Waals surface area contributed by atoms with Crippen LogP contribution in [0.1, 0.15) is 5.56 Å². The van der Waals surface area contributed by atoms with Crippen molar-refractivity contribution >= 4 is 6.08 Å². The molecule has 0 saturated heterocycles. The maximum Gasteiger partial charge on any atom is 0.160 e. The highest BCUT2D eigenvalue weighted by Crippen LogP contribution is 2.26. The molecule has 1 rings (SSSR count). The SMILES string of the molecule is CNCC=Cc1ccc(OC)c(O)c1. The number of hydrogen-bond donors (Lipinski definition) is 2. The lowest BCUT2D eigenvalue weighted by atomic mass is 10.2. The molecular formula is C11H15NO2. The van der Waals surface area contributed by atoms with E-state index in [1.165, 1.54) is 7.11 Å². The van der Waals surface area contributed by atoms with Gasteiger partial charge in [-0.1, -0.05) is 18.2 Å². The molecule has 3 heteroatoms. The number of likely N-dealkylation sites (N-methyl/N-ethyl adjacent to an activating group) is 1. The van der Waals surface area contributed by atoms with E-state index in [0.29, 0.717) is 5.75 Å². The molecule has 0 aromatic heterocycles.